The van der Waals surface area contributed by atoms with Crippen LogP contribution < -0.4 is 10.1 Å². The largest absolute Gasteiger partial charge is 0.494 e. The SMILES string of the molecule is COc1cc([N+](=O)[O-])ccc1NC(=O)CSc1ccccc1. The number of carbonyl (C=O) groups excluding carboxylic acids is 1. The van der Waals surface area contributed by atoms with Gasteiger partial charge >= 0.3 is 0 Å². The number of methoxy groups -OCH3 is 1. The lowest BCUT2D eigenvalue weighted by Gasteiger charge is -2.09. The van der Waals surface area contributed by atoms with Gasteiger partial charge in [0, 0.05) is 11.0 Å². The second kappa shape index (κ2) is 7.46. The molecule has 0 aromatic heterocycles. The molecule has 0 radical (unpaired) electrons. The van der Waals surface area contributed by atoms with Crippen molar-refractivity contribution in [1.82, 2.24) is 0 Å². The average Bonchev–Trinajstić information content (AvgIpc) is 2.54. The van der Waals surface area contributed by atoms with Crippen LogP contribution in [0.1, 0.15) is 0 Å². The van der Waals surface area contributed by atoms with Crippen LogP contribution >= 0.6 is 11.8 Å². The fraction of sp³-hybridized carbons (Fsp3) is 0.133. The van der Waals surface area contributed by atoms with Gasteiger partial charge in [0.15, 0.2) is 0 Å². The predicted octanol–water partition coefficient (Wildman–Crippen LogP) is 3.33. The Kier molecular flexibility index (Phi) is 5.37. The van der Waals surface area contributed by atoms with Gasteiger partial charge in [0.25, 0.3) is 5.69 Å². The molecule has 0 aliphatic rings. The van der Waals surface area contributed by atoms with Crippen molar-refractivity contribution in [3.8, 4) is 5.75 Å². The van der Waals surface area contributed by atoms with Crippen molar-refractivity contribution in [2.45, 2.75) is 4.90 Å². The lowest BCUT2D eigenvalue weighted by Crippen LogP contribution is -2.14. The number of nitrogens with zero attached hydrogens (tertiary/aromatic N) is 1. The molecule has 0 saturated heterocycles. The number of carbonyl (C=O) groups is 1. The Morgan fingerprint density at radius 1 is 1.27 bits per heavy atom. The first-order valence-electron chi connectivity index (χ1n) is 6.40. The van der Waals surface area contributed by atoms with Crippen molar-refractivity contribution in [2.24, 2.45) is 0 Å². The molecule has 1 amide bonds. The number of hydrogen-bond acceptors (Lipinski definition) is 5. The van der Waals surface area contributed by atoms with E-state index in [1.165, 1.54) is 37.1 Å². The predicted molar refractivity (Wildman–Crippen MR) is 85.4 cm³/mol. The standard InChI is InChI=1S/C15H14N2O4S/c1-21-14-9-11(17(19)20)7-8-13(14)16-15(18)10-22-12-5-3-2-4-6-12/h2-9H,10H2,1H3,(H,16,18). The lowest BCUT2D eigenvalue weighted by molar-refractivity contribution is -0.384. The molecular weight excluding hydrogens is 304 g/mol. The molecule has 0 heterocycles. The summed E-state index contributed by atoms with van der Waals surface area (Å²) in [5.74, 6) is 0.290. The van der Waals surface area contributed by atoms with Gasteiger partial charge in [0.2, 0.25) is 5.91 Å². The number of thioether (sulfide) groups is 1. The topological polar surface area (TPSA) is 81.5 Å². The van der Waals surface area contributed by atoms with Crippen LogP contribution in [0.15, 0.2) is 53.4 Å². The zero-order chi connectivity index (χ0) is 15.9. The van der Waals surface area contributed by atoms with Crippen LogP contribution in [0.3, 0.4) is 0 Å². The second-order valence-electron chi connectivity index (χ2n) is 4.29. The van der Waals surface area contributed by atoms with Gasteiger partial charge in [-0.05, 0) is 18.2 Å². The molecule has 0 fully saturated rings. The number of non-ortho nitro benzene ring substituents is 1. The molecule has 22 heavy (non-hydrogen) atoms. The molecule has 2 rings (SSSR count). The first-order chi connectivity index (χ1) is 10.6. The van der Waals surface area contributed by atoms with Gasteiger partial charge in [-0.3, -0.25) is 14.9 Å². The summed E-state index contributed by atoms with van der Waals surface area (Å²) in [5, 5.41) is 13.4. The van der Waals surface area contributed by atoms with Crippen LogP contribution in [-0.2, 0) is 4.79 Å². The Morgan fingerprint density at radius 3 is 2.64 bits per heavy atom. The number of hydrogen-bond donors (Lipinski definition) is 1. The number of nitro benzene ring substituents is 1. The summed E-state index contributed by atoms with van der Waals surface area (Å²) in [6.45, 7) is 0. The van der Waals surface area contributed by atoms with Crippen molar-refractivity contribution in [3.63, 3.8) is 0 Å². The van der Waals surface area contributed by atoms with E-state index >= 15 is 0 Å². The van der Waals surface area contributed by atoms with Crippen molar-refractivity contribution in [1.29, 1.82) is 0 Å². The lowest BCUT2D eigenvalue weighted by atomic mass is 10.2. The van der Waals surface area contributed by atoms with E-state index in [0.717, 1.165) is 4.90 Å². The number of amides is 1. The summed E-state index contributed by atoms with van der Waals surface area (Å²) < 4.78 is 5.07. The highest BCUT2D eigenvalue weighted by Gasteiger charge is 2.13. The van der Waals surface area contributed by atoms with Crippen LogP contribution in [0, 0.1) is 10.1 Å². The first-order valence-corrected chi connectivity index (χ1v) is 7.39. The smallest absolute Gasteiger partial charge is 0.273 e. The zero-order valence-corrected chi connectivity index (χ0v) is 12.6. The molecule has 0 bridgehead atoms. The highest BCUT2D eigenvalue weighted by molar-refractivity contribution is 8.00. The maximum Gasteiger partial charge on any atom is 0.273 e. The minimum Gasteiger partial charge on any atom is -0.494 e. The van der Waals surface area contributed by atoms with E-state index in [1.807, 2.05) is 30.3 Å². The third-order valence-corrected chi connectivity index (χ3v) is 3.80. The summed E-state index contributed by atoms with van der Waals surface area (Å²) >= 11 is 1.41. The number of nitrogens with one attached hydrogen (secondary N) is 1. The fourth-order valence-electron chi connectivity index (χ4n) is 1.75. The molecule has 6 nitrogen and oxygen atoms in total. The number of anilines is 1. The molecule has 0 unspecified atom stereocenters. The van der Waals surface area contributed by atoms with Crippen molar-refractivity contribution < 1.29 is 14.5 Å². The Hall–Kier alpha value is -2.54. The summed E-state index contributed by atoms with van der Waals surface area (Å²) in [5.41, 5.74) is 0.320. The van der Waals surface area contributed by atoms with Crippen molar-refractivity contribution in [3.05, 3.63) is 58.6 Å². The number of ether oxygens (including phenoxy) is 1. The van der Waals surface area contributed by atoms with E-state index in [4.69, 9.17) is 4.74 Å². The van der Waals surface area contributed by atoms with E-state index in [-0.39, 0.29) is 23.1 Å². The molecule has 7 heteroatoms. The second-order valence-corrected chi connectivity index (χ2v) is 5.34. The normalized spacial score (nSPS) is 10.0. The molecule has 1 N–H and O–H groups in total. The molecule has 0 atom stereocenters. The average molecular weight is 318 g/mol. The third kappa shape index (κ3) is 4.23. The van der Waals surface area contributed by atoms with E-state index < -0.39 is 4.92 Å². The highest BCUT2D eigenvalue weighted by atomic mass is 32.2. The van der Waals surface area contributed by atoms with Crippen molar-refractivity contribution >= 4 is 29.0 Å². The van der Waals surface area contributed by atoms with E-state index in [0.29, 0.717) is 5.69 Å². The maximum atomic E-state index is 12.0. The number of rotatable bonds is 6. The van der Waals surface area contributed by atoms with E-state index in [2.05, 4.69) is 5.32 Å². The molecule has 2 aromatic carbocycles. The first kappa shape index (κ1) is 15.8. The van der Waals surface area contributed by atoms with Crippen LogP contribution in [0.4, 0.5) is 11.4 Å². The molecule has 0 aliphatic carbocycles. The Balaban J connectivity index is 2.00. The van der Waals surface area contributed by atoms with Gasteiger partial charge < -0.3 is 10.1 Å². The van der Waals surface area contributed by atoms with Gasteiger partial charge in [-0.25, -0.2) is 0 Å². The fourth-order valence-corrected chi connectivity index (χ4v) is 2.47. The minimum atomic E-state index is -0.515. The highest BCUT2D eigenvalue weighted by Crippen LogP contribution is 2.29. The molecule has 0 aliphatic heterocycles. The Labute approximate surface area is 131 Å². The quantitative estimate of drug-likeness (QED) is 0.502. The number of benzene rings is 2. The summed E-state index contributed by atoms with van der Waals surface area (Å²) in [4.78, 5) is 23.2. The monoisotopic (exact) mass is 318 g/mol. The summed E-state index contributed by atoms with van der Waals surface area (Å²) in [7, 11) is 1.40. The Morgan fingerprint density at radius 2 is 2.00 bits per heavy atom. The molecule has 114 valence electrons. The van der Waals surface area contributed by atoms with Gasteiger partial charge in [-0.15, -0.1) is 11.8 Å². The molecule has 2 aromatic rings. The van der Waals surface area contributed by atoms with Crippen LogP contribution in [-0.4, -0.2) is 23.7 Å². The maximum absolute atomic E-state index is 12.0. The molecule has 0 spiro atoms. The van der Waals surface area contributed by atoms with Gasteiger partial charge in [-0.1, -0.05) is 18.2 Å². The van der Waals surface area contributed by atoms with E-state index in [9.17, 15) is 14.9 Å². The van der Waals surface area contributed by atoms with Crippen LogP contribution in [0.25, 0.3) is 0 Å². The molecule has 0 saturated carbocycles. The number of nitro groups is 1. The molecular formula is C15H14N2O4S. The van der Waals surface area contributed by atoms with Crippen LogP contribution in [0.5, 0.6) is 5.75 Å². The third-order valence-electron chi connectivity index (χ3n) is 2.78. The minimum absolute atomic E-state index is 0.0893. The van der Waals surface area contributed by atoms with E-state index in [1.54, 1.807) is 0 Å². The van der Waals surface area contributed by atoms with Crippen molar-refractivity contribution in [2.75, 3.05) is 18.2 Å². The van der Waals surface area contributed by atoms with Gasteiger partial charge in [0.1, 0.15) is 5.75 Å². The summed E-state index contributed by atoms with van der Waals surface area (Å²) in [6.07, 6.45) is 0. The van der Waals surface area contributed by atoms with Crippen LogP contribution in [0.2, 0.25) is 0 Å². The van der Waals surface area contributed by atoms with Gasteiger partial charge in [-0.2, -0.15) is 0 Å². The Bertz CT molecular complexity index is 676. The summed E-state index contributed by atoms with van der Waals surface area (Å²) in [6, 6.07) is 13.6. The zero-order valence-electron chi connectivity index (χ0n) is 11.8. The van der Waals surface area contributed by atoms with Gasteiger partial charge in [0.05, 0.1) is 29.5 Å².